The summed E-state index contributed by atoms with van der Waals surface area (Å²) >= 11 is 0. The Morgan fingerprint density at radius 1 is 1.00 bits per heavy atom. The maximum absolute atomic E-state index is 3.45. The van der Waals surface area contributed by atoms with Crippen LogP contribution in [-0.2, 0) is 0 Å². The zero-order chi connectivity index (χ0) is 5.54. The van der Waals surface area contributed by atoms with Gasteiger partial charge in [0.15, 0.2) is 0 Å². The summed E-state index contributed by atoms with van der Waals surface area (Å²) < 4.78 is 0. The first-order valence-corrected chi connectivity index (χ1v) is 2.76. The Kier molecular flexibility index (Phi) is 262. The monoisotopic (exact) mass is 192 g/mol. The normalized spacial score (nSPS) is 4.08. The fraction of sp³-hybridized carbons (Fsp3) is 0.769. The van der Waals surface area contributed by atoms with E-state index in [4.69, 9.17) is 0 Å². The highest BCUT2D eigenvalue weighted by molar-refractivity contribution is 4.74. The predicted octanol–water partition coefficient (Wildman–Crippen LogP) is 6.33. The van der Waals surface area contributed by atoms with E-state index in [1.54, 1.807) is 0 Å². The van der Waals surface area contributed by atoms with Crippen molar-refractivity contribution in [3.8, 4) is 0 Å². The quantitative estimate of drug-likeness (QED) is 0.362. The lowest BCUT2D eigenvalue weighted by atomic mass is 10.2. The number of allylic oxidation sites excluding steroid dienone is 1. The second kappa shape index (κ2) is 62.4. The average Bonchev–Trinajstić information content (AvgIpc) is 1.69. The first-order valence-electron chi connectivity index (χ1n) is 2.76. The molecule has 0 rings (SSSR count). The van der Waals surface area contributed by atoms with Gasteiger partial charge in [-0.2, -0.15) is 0 Å². The summed E-state index contributed by atoms with van der Waals surface area (Å²) in [6, 6.07) is 0. The molecular weight excluding hydrogens is 156 g/mol. The summed E-state index contributed by atoms with van der Waals surface area (Å²) in [6.07, 6.45) is 5.64. The topological polar surface area (TPSA) is 0 Å². The van der Waals surface area contributed by atoms with Crippen molar-refractivity contribution in [2.24, 2.45) is 0 Å². The summed E-state index contributed by atoms with van der Waals surface area (Å²) in [6.45, 7) is 5.63. The summed E-state index contributed by atoms with van der Waals surface area (Å²) in [5.41, 5.74) is 2.73. The van der Waals surface area contributed by atoms with Crippen LogP contribution in [0.4, 0.5) is 0 Å². The van der Waals surface area contributed by atoms with Crippen LogP contribution < -0.4 is 0 Å². The second-order valence-electron chi connectivity index (χ2n) is 1.55. The fourth-order valence-electron chi connectivity index (χ4n) is 0.408. The standard InChI is InChI=1S/C7H12.6CH4/c1-3-5-7-6-4-2;;;;;;/h5H,1,4,6-7H2,2H3;6*1H4. The van der Waals surface area contributed by atoms with E-state index in [0.29, 0.717) is 0 Å². The molecule has 0 saturated heterocycles. The molecule has 0 aliphatic heterocycles. The van der Waals surface area contributed by atoms with Gasteiger partial charge in [0, 0.05) is 0 Å². The Morgan fingerprint density at radius 3 is 1.62 bits per heavy atom. The number of rotatable bonds is 3. The van der Waals surface area contributed by atoms with Crippen LogP contribution in [0.15, 0.2) is 18.4 Å². The zero-order valence-corrected chi connectivity index (χ0v) is 4.91. The van der Waals surface area contributed by atoms with Crippen LogP contribution >= 0.6 is 0 Å². The van der Waals surface area contributed by atoms with E-state index in [1.165, 1.54) is 12.8 Å². The van der Waals surface area contributed by atoms with Crippen molar-refractivity contribution in [2.45, 2.75) is 70.7 Å². The minimum atomic E-state index is 0. The maximum atomic E-state index is 3.45. The van der Waals surface area contributed by atoms with E-state index >= 15 is 0 Å². The zero-order valence-electron chi connectivity index (χ0n) is 4.91. The summed E-state index contributed by atoms with van der Waals surface area (Å²) in [7, 11) is 0. The Hall–Kier alpha value is -0.480. The van der Waals surface area contributed by atoms with Crippen LogP contribution in [0.3, 0.4) is 0 Å². The highest BCUT2D eigenvalue weighted by Crippen LogP contribution is 1.92. The molecule has 0 amide bonds. The first kappa shape index (κ1) is 54.5. The molecule has 0 saturated carbocycles. The highest BCUT2D eigenvalue weighted by Gasteiger charge is 1.72. The van der Waals surface area contributed by atoms with Crippen LogP contribution in [0.1, 0.15) is 70.7 Å². The molecular formula is C13H36. The Labute approximate surface area is 89.8 Å². The van der Waals surface area contributed by atoms with Gasteiger partial charge in [-0.25, -0.2) is 0 Å². The van der Waals surface area contributed by atoms with E-state index in [1.807, 2.05) is 6.08 Å². The minimum absolute atomic E-state index is 0. The SMILES string of the molecule is C.C.C.C.C.C.C=C=CCCCC. The Bertz CT molecular complexity index is 66.1. The van der Waals surface area contributed by atoms with Gasteiger partial charge in [-0.3, -0.25) is 0 Å². The van der Waals surface area contributed by atoms with Crippen LogP contribution in [0.25, 0.3) is 0 Å². The van der Waals surface area contributed by atoms with Crippen molar-refractivity contribution in [3.05, 3.63) is 18.4 Å². The van der Waals surface area contributed by atoms with Gasteiger partial charge in [-0.15, -0.1) is 5.73 Å². The Morgan fingerprint density at radius 2 is 1.38 bits per heavy atom. The molecule has 0 aromatic heterocycles. The average molecular weight is 192 g/mol. The smallest absolute Gasteiger partial charge is 0.0275 e. The van der Waals surface area contributed by atoms with E-state index in [0.717, 1.165) is 6.42 Å². The van der Waals surface area contributed by atoms with Crippen molar-refractivity contribution in [3.63, 3.8) is 0 Å². The van der Waals surface area contributed by atoms with Gasteiger partial charge in [0.2, 0.25) is 0 Å². The van der Waals surface area contributed by atoms with Gasteiger partial charge in [-0.05, 0) is 18.9 Å². The third-order valence-electron chi connectivity index (χ3n) is 0.846. The molecule has 0 fully saturated rings. The van der Waals surface area contributed by atoms with Crippen molar-refractivity contribution in [2.75, 3.05) is 0 Å². The molecule has 0 aliphatic rings. The molecule has 88 valence electrons. The summed E-state index contributed by atoms with van der Waals surface area (Å²) in [5, 5.41) is 0. The lowest BCUT2D eigenvalue weighted by Crippen LogP contribution is -1.62. The molecule has 0 aromatic carbocycles. The molecule has 0 heteroatoms. The predicted molar refractivity (Wildman–Crippen MR) is 73.6 cm³/mol. The van der Waals surface area contributed by atoms with Crippen LogP contribution in [0.5, 0.6) is 0 Å². The number of hydrogen-bond acceptors (Lipinski definition) is 0. The molecule has 0 radical (unpaired) electrons. The van der Waals surface area contributed by atoms with Gasteiger partial charge in [-0.1, -0.05) is 64.5 Å². The van der Waals surface area contributed by atoms with Crippen LogP contribution in [0.2, 0.25) is 0 Å². The molecule has 0 nitrogen and oxygen atoms in total. The van der Waals surface area contributed by atoms with E-state index in [2.05, 4.69) is 19.2 Å². The maximum Gasteiger partial charge on any atom is -0.0275 e. The molecule has 13 heavy (non-hydrogen) atoms. The van der Waals surface area contributed by atoms with Crippen LogP contribution in [-0.4, -0.2) is 0 Å². The van der Waals surface area contributed by atoms with Gasteiger partial charge >= 0.3 is 0 Å². The first-order chi connectivity index (χ1) is 3.41. The van der Waals surface area contributed by atoms with Crippen molar-refractivity contribution in [1.82, 2.24) is 0 Å². The van der Waals surface area contributed by atoms with Crippen molar-refractivity contribution < 1.29 is 0 Å². The number of hydrogen-bond donors (Lipinski definition) is 0. The van der Waals surface area contributed by atoms with E-state index < -0.39 is 0 Å². The minimum Gasteiger partial charge on any atom is -0.133 e. The van der Waals surface area contributed by atoms with Crippen LogP contribution in [0, 0.1) is 0 Å². The molecule has 0 bridgehead atoms. The molecule has 0 N–H and O–H groups in total. The molecule has 0 heterocycles. The lowest BCUT2D eigenvalue weighted by molar-refractivity contribution is 0.815. The van der Waals surface area contributed by atoms with Gasteiger partial charge < -0.3 is 0 Å². The number of unbranched alkanes of at least 4 members (excludes halogenated alkanes) is 2. The third kappa shape index (κ3) is 84.3. The van der Waals surface area contributed by atoms with E-state index in [-0.39, 0.29) is 44.6 Å². The molecule has 0 spiro atoms. The largest absolute Gasteiger partial charge is 0.133 e. The van der Waals surface area contributed by atoms with Gasteiger partial charge in [0.1, 0.15) is 0 Å². The van der Waals surface area contributed by atoms with Crippen molar-refractivity contribution >= 4 is 0 Å². The molecule has 0 aromatic rings. The molecule has 0 atom stereocenters. The van der Waals surface area contributed by atoms with Crippen molar-refractivity contribution in [1.29, 1.82) is 0 Å². The third-order valence-corrected chi connectivity index (χ3v) is 0.846. The fourth-order valence-corrected chi connectivity index (χ4v) is 0.408. The summed E-state index contributed by atoms with van der Waals surface area (Å²) in [5.74, 6) is 0. The second-order valence-corrected chi connectivity index (χ2v) is 1.55. The van der Waals surface area contributed by atoms with E-state index in [9.17, 15) is 0 Å². The Balaban J connectivity index is -0.0000000120. The molecule has 0 unspecified atom stereocenters. The summed E-state index contributed by atoms with van der Waals surface area (Å²) in [4.78, 5) is 0. The van der Waals surface area contributed by atoms with Gasteiger partial charge in [0.05, 0.1) is 0 Å². The highest BCUT2D eigenvalue weighted by atomic mass is 13.8. The van der Waals surface area contributed by atoms with Gasteiger partial charge in [0.25, 0.3) is 0 Å². The molecule has 0 aliphatic carbocycles. The lowest BCUT2D eigenvalue weighted by Gasteiger charge is -1.81.